The third-order valence-electron chi connectivity index (χ3n) is 5.16. The minimum atomic E-state index is -3.73. The van der Waals surface area contributed by atoms with E-state index in [0.717, 1.165) is 24.1 Å². The molecule has 1 amide bonds. The summed E-state index contributed by atoms with van der Waals surface area (Å²) in [6, 6.07) is 20.8. The van der Waals surface area contributed by atoms with Crippen LogP contribution >= 0.6 is 0 Å². The lowest BCUT2D eigenvalue weighted by Gasteiger charge is -2.30. The summed E-state index contributed by atoms with van der Waals surface area (Å²) in [5, 5.41) is 0. The number of hydrogen-bond acceptors (Lipinski definition) is 4. The Morgan fingerprint density at radius 1 is 1.03 bits per heavy atom. The Hall–Kier alpha value is -3.32. The molecule has 1 aliphatic rings. The summed E-state index contributed by atoms with van der Waals surface area (Å²) in [7, 11) is -3.73. The number of fused-ring (bicyclic) bond motifs is 1. The van der Waals surface area contributed by atoms with Gasteiger partial charge in [0.1, 0.15) is 5.75 Å². The maximum absolute atomic E-state index is 12.9. The number of carbonyl (C=O) groups excluding carboxylic acids is 1. The smallest absolute Gasteiger partial charge is 0.261 e. The van der Waals surface area contributed by atoms with Gasteiger partial charge in [-0.15, -0.1) is 0 Å². The molecular weight excluding hydrogens is 412 g/mol. The third kappa shape index (κ3) is 4.56. The second-order valence-corrected chi connectivity index (χ2v) is 8.96. The van der Waals surface area contributed by atoms with Crippen LogP contribution in [0.2, 0.25) is 0 Å². The van der Waals surface area contributed by atoms with Gasteiger partial charge in [0, 0.05) is 23.5 Å². The Labute approximate surface area is 182 Å². The lowest BCUT2D eigenvalue weighted by atomic mass is 10.00. The summed E-state index contributed by atoms with van der Waals surface area (Å²) in [5.41, 5.74) is 2.88. The Balaban J connectivity index is 1.56. The van der Waals surface area contributed by atoms with Crippen LogP contribution in [0.15, 0.2) is 77.7 Å². The molecule has 0 radical (unpaired) electrons. The van der Waals surface area contributed by atoms with Crippen molar-refractivity contribution in [3.8, 4) is 5.75 Å². The number of carbonyl (C=O) groups is 1. The van der Waals surface area contributed by atoms with Crippen molar-refractivity contribution in [1.82, 2.24) is 0 Å². The molecule has 1 heterocycles. The van der Waals surface area contributed by atoms with Crippen molar-refractivity contribution in [2.75, 3.05) is 22.8 Å². The SMILES string of the molecule is CCOc1ccc(S(=O)(=O)Nc2ccc3c(c2)CCCN3C(=O)c2ccccc2)cc1. The van der Waals surface area contributed by atoms with Crippen molar-refractivity contribution in [3.63, 3.8) is 0 Å². The fraction of sp³-hybridized carbons (Fsp3) is 0.208. The minimum absolute atomic E-state index is 0.0516. The van der Waals surface area contributed by atoms with E-state index in [2.05, 4.69) is 4.72 Å². The van der Waals surface area contributed by atoms with Gasteiger partial charge < -0.3 is 9.64 Å². The van der Waals surface area contributed by atoms with E-state index in [1.807, 2.05) is 37.3 Å². The van der Waals surface area contributed by atoms with Gasteiger partial charge in [-0.25, -0.2) is 8.42 Å². The molecule has 31 heavy (non-hydrogen) atoms. The van der Waals surface area contributed by atoms with Crippen LogP contribution in [0.4, 0.5) is 11.4 Å². The van der Waals surface area contributed by atoms with Crippen LogP contribution in [0.5, 0.6) is 5.75 Å². The molecule has 0 atom stereocenters. The second kappa shape index (κ2) is 8.81. The zero-order chi connectivity index (χ0) is 21.8. The summed E-state index contributed by atoms with van der Waals surface area (Å²) in [4.78, 5) is 14.9. The average molecular weight is 437 g/mol. The van der Waals surface area contributed by atoms with Crippen LogP contribution in [0.1, 0.15) is 29.3 Å². The topological polar surface area (TPSA) is 75.7 Å². The molecule has 0 saturated carbocycles. The standard InChI is InChI=1S/C24H24N2O4S/c1-2-30-21-11-13-22(14-12-21)31(28,29)25-20-10-15-23-19(17-20)9-6-16-26(23)24(27)18-7-4-3-5-8-18/h3-5,7-8,10-15,17,25H,2,6,9,16H2,1H3. The number of hydrogen-bond donors (Lipinski definition) is 1. The van der Waals surface area contributed by atoms with E-state index in [4.69, 9.17) is 4.74 Å². The molecule has 1 aliphatic heterocycles. The first-order valence-corrected chi connectivity index (χ1v) is 11.7. The first-order valence-electron chi connectivity index (χ1n) is 10.2. The molecule has 0 aromatic heterocycles. The molecule has 3 aromatic rings. The van der Waals surface area contributed by atoms with Gasteiger partial charge in [0.15, 0.2) is 0 Å². The Morgan fingerprint density at radius 3 is 2.48 bits per heavy atom. The molecule has 0 bridgehead atoms. The number of nitrogens with zero attached hydrogens (tertiary/aromatic N) is 1. The van der Waals surface area contributed by atoms with Crippen molar-refractivity contribution in [3.05, 3.63) is 83.9 Å². The highest BCUT2D eigenvalue weighted by molar-refractivity contribution is 7.92. The Morgan fingerprint density at radius 2 is 1.77 bits per heavy atom. The van der Waals surface area contributed by atoms with Gasteiger partial charge in [0.2, 0.25) is 0 Å². The summed E-state index contributed by atoms with van der Waals surface area (Å²) in [6.45, 7) is 3.03. The van der Waals surface area contributed by atoms with E-state index >= 15 is 0 Å². The van der Waals surface area contributed by atoms with Gasteiger partial charge in [-0.1, -0.05) is 18.2 Å². The normalized spacial score (nSPS) is 13.4. The van der Waals surface area contributed by atoms with E-state index in [9.17, 15) is 13.2 Å². The molecule has 4 rings (SSSR count). The number of aryl methyl sites for hydroxylation is 1. The fourth-order valence-electron chi connectivity index (χ4n) is 3.70. The number of sulfonamides is 1. The molecule has 1 N–H and O–H groups in total. The van der Waals surface area contributed by atoms with Crippen LogP contribution < -0.4 is 14.4 Å². The lowest BCUT2D eigenvalue weighted by Crippen LogP contribution is -2.35. The van der Waals surface area contributed by atoms with Gasteiger partial charge in [0.05, 0.1) is 11.5 Å². The molecule has 0 saturated heterocycles. The van der Waals surface area contributed by atoms with E-state index in [0.29, 0.717) is 30.2 Å². The van der Waals surface area contributed by atoms with Crippen molar-refractivity contribution in [2.45, 2.75) is 24.7 Å². The first-order chi connectivity index (χ1) is 15.0. The van der Waals surface area contributed by atoms with E-state index in [1.165, 1.54) is 12.1 Å². The highest BCUT2D eigenvalue weighted by Crippen LogP contribution is 2.31. The third-order valence-corrected chi connectivity index (χ3v) is 6.56. The summed E-state index contributed by atoms with van der Waals surface area (Å²) < 4.78 is 33.6. The fourth-order valence-corrected chi connectivity index (χ4v) is 4.75. The van der Waals surface area contributed by atoms with Crippen molar-refractivity contribution < 1.29 is 17.9 Å². The number of amides is 1. The first kappa shape index (κ1) is 20.9. The highest BCUT2D eigenvalue weighted by Gasteiger charge is 2.24. The monoisotopic (exact) mass is 436 g/mol. The van der Waals surface area contributed by atoms with Crippen LogP contribution in [-0.4, -0.2) is 27.5 Å². The Bertz CT molecular complexity index is 1180. The summed E-state index contributed by atoms with van der Waals surface area (Å²) >= 11 is 0. The molecule has 0 spiro atoms. The summed E-state index contributed by atoms with van der Waals surface area (Å²) in [6.07, 6.45) is 1.60. The van der Waals surface area contributed by atoms with Crippen LogP contribution in [0, 0.1) is 0 Å². The maximum atomic E-state index is 12.9. The molecule has 3 aromatic carbocycles. The lowest BCUT2D eigenvalue weighted by molar-refractivity contribution is 0.0985. The average Bonchev–Trinajstić information content (AvgIpc) is 2.79. The van der Waals surface area contributed by atoms with E-state index in [1.54, 1.807) is 35.2 Å². The van der Waals surface area contributed by atoms with E-state index < -0.39 is 10.0 Å². The van der Waals surface area contributed by atoms with Crippen molar-refractivity contribution in [2.24, 2.45) is 0 Å². The minimum Gasteiger partial charge on any atom is -0.494 e. The van der Waals surface area contributed by atoms with Crippen LogP contribution in [0.3, 0.4) is 0 Å². The number of nitrogens with one attached hydrogen (secondary N) is 1. The van der Waals surface area contributed by atoms with Gasteiger partial charge in [-0.3, -0.25) is 9.52 Å². The van der Waals surface area contributed by atoms with Gasteiger partial charge >= 0.3 is 0 Å². The van der Waals surface area contributed by atoms with Gasteiger partial charge in [-0.2, -0.15) is 0 Å². The molecule has 0 fully saturated rings. The predicted molar refractivity (Wildman–Crippen MR) is 121 cm³/mol. The zero-order valence-electron chi connectivity index (χ0n) is 17.2. The maximum Gasteiger partial charge on any atom is 0.261 e. The van der Waals surface area contributed by atoms with Gasteiger partial charge in [-0.05, 0) is 79.9 Å². The van der Waals surface area contributed by atoms with Crippen molar-refractivity contribution in [1.29, 1.82) is 0 Å². The number of anilines is 2. The van der Waals surface area contributed by atoms with Crippen molar-refractivity contribution >= 4 is 27.3 Å². The summed E-state index contributed by atoms with van der Waals surface area (Å²) in [5.74, 6) is 0.572. The molecule has 0 unspecified atom stereocenters. The molecule has 160 valence electrons. The van der Waals surface area contributed by atoms with Gasteiger partial charge in [0.25, 0.3) is 15.9 Å². The highest BCUT2D eigenvalue weighted by atomic mass is 32.2. The predicted octanol–water partition coefficient (Wildman–Crippen LogP) is 4.48. The Kier molecular flexibility index (Phi) is 5.95. The number of benzene rings is 3. The molecule has 7 heteroatoms. The zero-order valence-corrected chi connectivity index (χ0v) is 18.1. The number of ether oxygens (including phenoxy) is 1. The van der Waals surface area contributed by atoms with Crippen LogP contribution in [-0.2, 0) is 16.4 Å². The largest absolute Gasteiger partial charge is 0.494 e. The van der Waals surface area contributed by atoms with Crippen LogP contribution in [0.25, 0.3) is 0 Å². The number of rotatable bonds is 6. The molecular formula is C24H24N2O4S. The molecule has 0 aliphatic carbocycles. The molecule has 6 nitrogen and oxygen atoms in total. The quantitative estimate of drug-likeness (QED) is 0.618. The second-order valence-electron chi connectivity index (χ2n) is 7.28. The van der Waals surface area contributed by atoms with E-state index in [-0.39, 0.29) is 10.8 Å².